The zero-order valence-corrected chi connectivity index (χ0v) is 13.6. The SMILES string of the molecule is COc1cc(CNCC(C)C)ccc1OCC(Cl)=CCl. The van der Waals surface area contributed by atoms with Crippen LogP contribution in [0.2, 0.25) is 0 Å². The molecule has 20 heavy (non-hydrogen) atoms. The van der Waals surface area contributed by atoms with E-state index in [1.807, 2.05) is 18.2 Å². The van der Waals surface area contributed by atoms with Gasteiger partial charge in [0.25, 0.3) is 0 Å². The van der Waals surface area contributed by atoms with Crippen LogP contribution in [0.1, 0.15) is 19.4 Å². The second-order valence-corrected chi connectivity index (χ2v) is 5.56. The summed E-state index contributed by atoms with van der Waals surface area (Å²) in [5, 5.41) is 3.83. The van der Waals surface area contributed by atoms with E-state index in [0.717, 1.165) is 18.7 Å². The van der Waals surface area contributed by atoms with Gasteiger partial charge in [-0.15, -0.1) is 0 Å². The van der Waals surface area contributed by atoms with Crippen molar-refractivity contribution in [1.29, 1.82) is 0 Å². The quantitative estimate of drug-likeness (QED) is 0.781. The molecule has 0 heterocycles. The Kier molecular flexibility index (Phi) is 7.82. The van der Waals surface area contributed by atoms with E-state index in [0.29, 0.717) is 22.4 Å². The maximum Gasteiger partial charge on any atom is 0.161 e. The van der Waals surface area contributed by atoms with Crippen molar-refractivity contribution in [2.45, 2.75) is 20.4 Å². The highest BCUT2D eigenvalue weighted by Gasteiger charge is 2.06. The van der Waals surface area contributed by atoms with Crippen LogP contribution in [0.3, 0.4) is 0 Å². The summed E-state index contributed by atoms with van der Waals surface area (Å²) in [7, 11) is 1.62. The summed E-state index contributed by atoms with van der Waals surface area (Å²) >= 11 is 11.3. The minimum absolute atomic E-state index is 0.229. The molecule has 0 spiro atoms. The van der Waals surface area contributed by atoms with Crippen LogP contribution in [0.15, 0.2) is 28.8 Å². The van der Waals surface area contributed by atoms with Gasteiger partial charge in [-0.2, -0.15) is 0 Å². The Morgan fingerprint density at radius 3 is 2.70 bits per heavy atom. The fraction of sp³-hybridized carbons (Fsp3) is 0.467. The molecule has 1 rings (SSSR count). The fourth-order valence-corrected chi connectivity index (χ4v) is 1.74. The Balaban J connectivity index is 2.65. The number of hydrogen-bond acceptors (Lipinski definition) is 3. The van der Waals surface area contributed by atoms with Crippen molar-refractivity contribution in [3.05, 3.63) is 34.3 Å². The summed E-state index contributed by atoms with van der Waals surface area (Å²) in [6.45, 7) is 6.37. The van der Waals surface area contributed by atoms with Crippen molar-refractivity contribution in [2.24, 2.45) is 5.92 Å². The molecule has 1 aromatic rings. The standard InChI is InChI=1S/C15H21Cl2NO2/c1-11(2)8-18-9-12-4-5-14(15(6-12)19-3)20-10-13(17)7-16/h4-7,11,18H,8-10H2,1-3H3. The third kappa shape index (κ3) is 6.04. The van der Waals surface area contributed by atoms with E-state index in [4.69, 9.17) is 32.7 Å². The van der Waals surface area contributed by atoms with Gasteiger partial charge in [-0.1, -0.05) is 43.1 Å². The van der Waals surface area contributed by atoms with E-state index < -0.39 is 0 Å². The van der Waals surface area contributed by atoms with Gasteiger partial charge in [0.1, 0.15) is 6.61 Å². The second kappa shape index (κ2) is 9.11. The number of methoxy groups -OCH3 is 1. The molecule has 5 heteroatoms. The first-order valence-corrected chi connectivity index (χ1v) is 7.33. The summed E-state index contributed by atoms with van der Waals surface area (Å²) < 4.78 is 10.9. The summed E-state index contributed by atoms with van der Waals surface area (Å²) in [4.78, 5) is 0. The molecule has 0 aliphatic carbocycles. The van der Waals surface area contributed by atoms with E-state index in [9.17, 15) is 0 Å². The first kappa shape index (κ1) is 17.2. The summed E-state index contributed by atoms with van der Waals surface area (Å²) in [6, 6.07) is 5.84. The first-order chi connectivity index (χ1) is 9.56. The van der Waals surface area contributed by atoms with Gasteiger partial charge in [-0.05, 0) is 30.2 Å². The maximum atomic E-state index is 5.79. The molecule has 0 radical (unpaired) electrons. The summed E-state index contributed by atoms with van der Waals surface area (Å²) in [5.74, 6) is 1.97. The Labute approximate surface area is 130 Å². The zero-order valence-electron chi connectivity index (χ0n) is 12.1. The van der Waals surface area contributed by atoms with Crippen LogP contribution in [0.4, 0.5) is 0 Å². The van der Waals surface area contributed by atoms with E-state index >= 15 is 0 Å². The van der Waals surface area contributed by atoms with Crippen LogP contribution in [0, 0.1) is 5.92 Å². The predicted octanol–water partition coefficient (Wildman–Crippen LogP) is 4.14. The minimum Gasteiger partial charge on any atom is -0.493 e. The molecule has 0 aromatic heterocycles. The maximum absolute atomic E-state index is 5.79. The molecule has 0 unspecified atom stereocenters. The molecule has 0 atom stereocenters. The van der Waals surface area contributed by atoms with E-state index in [1.165, 1.54) is 5.54 Å². The monoisotopic (exact) mass is 317 g/mol. The molecule has 0 saturated carbocycles. The van der Waals surface area contributed by atoms with Gasteiger partial charge in [0.05, 0.1) is 12.1 Å². The molecule has 0 aliphatic rings. The van der Waals surface area contributed by atoms with Gasteiger partial charge < -0.3 is 14.8 Å². The third-order valence-corrected chi connectivity index (χ3v) is 3.19. The van der Waals surface area contributed by atoms with Gasteiger partial charge in [0.15, 0.2) is 11.5 Å². The van der Waals surface area contributed by atoms with Crippen molar-refractivity contribution in [2.75, 3.05) is 20.3 Å². The predicted molar refractivity (Wildman–Crippen MR) is 84.8 cm³/mol. The summed E-state index contributed by atoms with van der Waals surface area (Å²) in [5.41, 5.74) is 2.44. The molecule has 0 bridgehead atoms. The molecule has 1 aromatic carbocycles. The Hall–Kier alpha value is -0.900. The molecule has 0 saturated heterocycles. The van der Waals surface area contributed by atoms with E-state index in [2.05, 4.69) is 19.2 Å². The Morgan fingerprint density at radius 1 is 1.35 bits per heavy atom. The largest absolute Gasteiger partial charge is 0.493 e. The fourth-order valence-electron chi connectivity index (χ4n) is 1.62. The second-order valence-electron chi connectivity index (χ2n) is 4.85. The number of halogens is 2. The number of nitrogens with one attached hydrogen (secondary N) is 1. The molecule has 0 aliphatic heterocycles. The molecule has 112 valence electrons. The van der Waals surface area contributed by atoms with Crippen LogP contribution in [0.5, 0.6) is 11.5 Å². The zero-order chi connectivity index (χ0) is 15.0. The highest BCUT2D eigenvalue weighted by molar-refractivity contribution is 6.36. The van der Waals surface area contributed by atoms with E-state index in [1.54, 1.807) is 7.11 Å². The van der Waals surface area contributed by atoms with Gasteiger partial charge in [0, 0.05) is 12.1 Å². The summed E-state index contributed by atoms with van der Waals surface area (Å²) in [6.07, 6.45) is 0. The number of rotatable bonds is 8. The average molecular weight is 318 g/mol. The van der Waals surface area contributed by atoms with Gasteiger partial charge in [-0.25, -0.2) is 0 Å². The molecule has 0 amide bonds. The van der Waals surface area contributed by atoms with Crippen LogP contribution >= 0.6 is 23.2 Å². The van der Waals surface area contributed by atoms with Gasteiger partial charge in [0.2, 0.25) is 0 Å². The smallest absolute Gasteiger partial charge is 0.161 e. The van der Waals surface area contributed by atoms with Crippen molar-refractivity contribution >= 4 is 23.2 Å². The van der Waals surface area contributed by atoms with Gasteiger partial charge in [-0.3, -0.25) is 0 Å². The normalized spacial score (nSPS) is 11.8. The lowest BCUT2D eigenvalue weighted by atomic mass is 10.2. The number of benzene rings is 1. The van der Waals surface area contributed by atoms with Crippen molar-refractivity contribution in [3.63, 3.8) is 0 Å². The van der Waals surface area contributed by atoms with Crippen LogP contribution in [0.25, 0.3) is 0 Å². The average Bonchev–Trinajstić information content (AvgIpc) is 2.44. The third-order valence-electron chi connectivity index (χ3n) is 2.59. The lowest BCUT2D eigenvalue weighted by molar-refractivity contribution is 0.323. The Bertz CT molecular complexity index is 447. The lowest BCUT2D eigenvalue weighted by Gasteiger charge is -2.13. The van der Waals surface area contributed by atoms with Crippen LogP contribution < -0.4 is 14.8 Å². The highest BCUT2D eigenvalue weighted by atomic mass is 35.5. The Morgan fingerprint density at radius 2 is 2.10 bits per heavy atom. The first-order valence-electron chi connectivity index (χ1n) is 6.52. The highest BCUT2D eigenvalue weighted by Crippen LogP contribution is 2.28. The lowest BCUT2D eigenvalue weighted by Crippen LogP contribution is -2.18. The van der Waals surface area contributed by atoms with Gasteiger partial charge >= 0.3 is 0 Å². The molecular weight excluding hydrogens is 297 g/mol. The number of hydrogen-bond donors (Lipinski definition) is 1. The van der Waals surface area contributed by atoms with Crippen molar-refractivity contribution < 1.29 is 9.47 Å². The van der Waals surface area contributed by atoms with Crippen molar-refractivity contribution in [1.82, 2.24) is 5.32 Å². The molecule has 1 N–H and O–H groups in total. The molecular formula is C15H21Cl2NO2. The van der Waals surface area contributed by atoms with Crippen LogP contribution in [-0.4, -0.2) is 20.3 Å². The number of ether oxygens (including phenoxy) is 2. The van der Waals surface area contributed by atoms with Crippen LogP contribution in [-0.2, 0) is 6.54 Å². The van der Waals surface area contributed by atoms with E-state index in [-0.39, 0.29) is 6.61 Å². The minimum atomic E-state index is 0.229. The topological polar surface area (TPSA) is 30.5 Å². The van der Waals surface area contributed by atoms with Crippen molar-refractivity contribution in [3.8, 4) is 11.5 Å². The molecule has 0 fully saturated rings. The molecule has 3 nitrogen and oxygen atoms in total.